The van der Waals surface area contributed by atoms with Crippen LogP contribution in [-0.2, 0) is 4.79 Å². The molecule has 0 fully saturated rings. The van der Waals surface area contributed by atoms with Crippen LogP contribution in [0.25, 0.3) is 0 Å². The van der Waals surface area contributed by atoms with Gasteiger partial charge in [0.05, 0.1) is 11.6 Å². The number of hydrogen-bond donors (Lipinski definition) is 2. The smallest absolute Gasteiger partial charge is 0.310 e. The van der Waals surface area contributed by atoms with Crippen molar-refractivity contribution >= 4 is 11.7 Å². The molecule has 0 aliphatic rings. The number of carboxylic acids is 1. The molecule has 1 aromatic rings. The van der Waals surface area contributed by atoms with Crippen molar-refractivity contribution in [2.45, 2.75) is 12.8 Å². The van der Waals surface area contributed by atoms with Crippen LogP contribution in [0, 0.1) is 11.6 Å². The molecule has 76 valence electrons. The Labute approximate surface area is 79.2 Å². The van der Waals surface area contributed by atoms with E-state index in [1.165, 1.54) is 6.92 Å². The Kier molecular flexibility index (Phi) is 2.69. The largest absolute Gasteiger partial charge is 0.481 e. The molecular weight excluding hydrogens is 192 g/mol. The van der Waals surface area contributed by atoms with Gasteiger partial charge in [-0.25, -0.2) is 8.78 Å². The first kappa shape index (κ1) is 10.4. The Morgan fingerprint density at radius 3 is 2.57 bits per heavy atom. The first-order chi connectivity index (χ1) is 6.45. The average Bonchev–Trinajstić information content (AvgIpc) is 2.12. The molecule has 14 heavy (non-hydrogen) atoms. The molecule has 0 heterocycles. The van der Waals surface area contributed by atoms with Crippen molar-refractivity contribution in [1.29, 1.82) is 0 Å². The van der Waals surface area contributed by atoms with E-state index in [-0.39, 0.29) is 5.69 Å². The second-order valence-electron chi connectivity index (χ2n) is 2.92. The number of rotatable bonds is 2. The van der Waals surface area contributed by atoms with E-state index in [4.69, 9.17) is 10.8 Å². The lowest BCUT2D eigenvalue weighted by Crippen LogP contribution is -2.12. The molecule has 0 bridgehead atoms. The van der Waals surface area contributed by atoms with Crippen LogP contribution in [0.3, 0.4) is 0 Å². The van der Waals surface area contributed by atoms with Gasteiger partial charge in [-0.1, -0.05) is 0 Å². The summed E-state index contributed by atoms with van der Waals surface area (Å²) >= 11 is 0. The molecule has 1 unspecified atom stereocenters. The summed E-state index contributed by atoms with van der Waals surface area (Å²) < 4.78 is 26.3. The minimum Gasteiger partial charge on any atom is -0.481 e. The van der Waals surface area contributed by atoms with Gasteiger partial charge in [0.2, 0.25) is 0 Å². The highest BCUT2D eigenvalue weighted by molar-refractivity contribution is 5.76. The van der Waals surface area contributed by atoms with Crippen LogP contribution in [0.1, 0.15) is 18.4 Å². The number of benzene rings is 1. The number of nitrogen functional groups attached to an aromatic ring is 1. The van der Waals surface area contributed by atoms with Crippen LogP contribution < -0.4 is 5.73 Å². The van der Waals surface area contributed by atoms with E-state index in [1.807, 2.05) is 0 Å². The van der Waals surface area contributed by atoms with Crippen molar-refractivity contribution in [3.63, 3.8) is 0 Å². The van der Waals surface area contributed by atoms with Gasteiger partial charge in [0.25, 0.3) is 0 Å². The average molecular weight is 201 g/mol. The molecule has 3 nitrogen and oxygen atoms in total. The number of carbonyl (C=O) groups is 1. The van der Waals surface area contributed by atoms with Gasteiger partial charge in [-0.2, -0.15) is 0 Å². The molecule has 0 saturated carbocycles. The van der Waals surface area contributed by atoms with Crippen LogP contribution in [0.5, 0.6) is 0 Å². The first-order valence-corrected chi connectivity index (χ1v) is 3.91. The van der Waals surface area contributed by atoms with Crippen LogP contribution in [0.4, 0.5) is 14.5 Å². The van der Waals surface area contributed by atoms with Crippen molar-refractivity contribution in [2.24, 2.45) is 0 Å². The van der Waals surface area contributed by atoms with Gasteiger partial charge >= 0.3 is 5.97 Å². The summed E-state index contributed by atoms with van der Waals surface area (Å²) in [7, 11) is 0. The van der Waals surface area contributed by atoms with Gasteiger partial charge in [-0.05, 0) is 19.1 Å². The number of carboxylic acid groups (broad SMARTS) is 1. The van der Waals surface area contributed by atoms with Crippen molar-refractivity contribution in [2.75, 3.05) is 5.73 Å². The number of anilines is 1. The van der Waals surface area contributed by atoms with E-state index in [0.717, 1.165) is 12.1 Å². The van der Waals surface area contributed by atoms with Gasteiger partial charge in [0, 0.05) is 5.56 Å². The normalized spacial score (nSPS) is 12.5. The van der Waals surface area contributed by atoms with Crippen molar-refractivity contribution in [3.05, 3.63) is 29.3 Å². The molecule has 1 atom stereocenters. The maximum absolute atomic E-state index is 13.2. The van der Waals surface area contributed by atoms with Gasteiger partial charge in [0.15, 0.2) is 5.82 Å². The highest BCUT2D eigenvalue weighted by Crippen LogP contribution is 2.26. The molecule has 0 aromatic heterocycles. The zero-order valence-electron chi connectivity index (χ0n) is 7.42. The molecule has 0 radical (unpaired) electrons. The molecule has 5 heteroatoms. The zero-order valence-corrected chi connectivity index (χ0v) is 7.42. The third kappa shape index (κ3) is 1.66. The fraction of sp³-hybridized carbons (Fsp3) is 0.222. The van der Waals surface area contributed by atoms with Gasteiger partial charge in [-0.15, -0.1) is 0 Å². The molecule has 0 aliphatic carbocycles. The predicted molar refractivity (Wildman–Crippen MR) is 46.8 cm³/mol. The molecule has 0 spiro atoms. The van der Waals surface area contributed by atoms with Crippen LogP contribution in [-0.4, -0.2) is 11.1 Å². The molecule has 1 rings (SSSR count). The molecule has 0 saturated heterocycles. The van der Waals surface area contributed by atoms with Crippen LogP contribution in [0.15, 0.2) is 12.1 Å². The summed E-state index contributed by atoms with van der Waals surface area (Å²) in [6.45, 7) is 1.20. The van der Waals surface area contributed by atoms with E-state index in [2.05, 4.69) is 0 Å². The zero-order chi connectivity index (χ0) is 10.9. The van der Waals surface area contributed by atoms with E-state index < -0.39 is 29.1 Å². The Bertz CT molecular complexity index is 379. The summed E-state index contributed by atoms with van der Waals surface area (Å²) in [6, 6.07) is 2.01. The maximum Gasteiger partial charge on any atom is 0.310 e. The van der Waals surface area contributed by atoms with Crippen molar-refractivity contribution in [1.82, 2.24) is 0 Å². The van der Waals surface area contributed by atoms with Crippen molar-refractivity contribution < 1.29 is 18.7 Å². The number of hydrogen-bond acceptors (Lipinski definition) is 2. The molecule has 0 amide bonds. The second kappa shape index (κ2) is 3.61. The van der Waals surface area contributed by atoms with E-state index in [9.17, 15) is 13.6 Å². The molecule has 3 N–H and O–H groups in total. The first-order valence-electron chi connectivity index (χ1n) is 3.91. The Balaban J connectivity index is 3.32. The minimum atomic E-state index is -1.30. The van der Waals surface area contributed by atoms with Crippen LogP contribution in [0.2, 0.25) is 0 Å². The predicted octanol–water partition coefficient (Wildman–Crippen LogP) is 1.74. The summed E-state index contributed by atoms with van der Waals surface area (Å²) in [5, 5.41) is 8.60. The topological polar surface area (TPSA) is 63.3 Å². The second-order valence-corrected chi connectivity index (χ2v) is 2.92. The monoisotopic (exact) mass is 201 g/mol. The lowest BCUT2D eigenvalue weighted by molar-refractivity contribution is -0.138. The molecule has 0 aliphatic heterocycles. The van der Waals surface area contributed by atoms with E-state index in [0.29, 0.717) is 0 Å². The van der Waals surface area contributed by atoms with E-state index >= 15 is 0 Å². The summed E-state index contributed by atoms with van der Waals surface area (Å²) in [4.78, 5) is 10.5. The quantitative estimate of drug-likeness (QED) is 0.716. The number of nitrogens with two attached hydrogens (primary N) is 1. The number of aliphatic carboxylic acids is 1. The lowest BCUT2D eigenvalue weighted by atomic mass is 9.99. The summed E-state index contributed by atoms with van der Waals surface area (Å²) in [5.74, 6) is -4.45. The third-order valence-corrected chi connectivity index (χ3v) is 1.96. The Hall–Kier alpha value is -1.65. The molecule has 1 aromatic carbocycles. The Morgan fingerprint density at radius 1 is 1.50 bits per heavy atom. The van der Waals surface area contributed by atoms with Gasteiger partial charge in [-0.3, -0.25) is 4.79 Å². The van der Waals surface area contributed by atoms with Crippen LogP contribution >= 0.6 is 0 Å². The fourth-order valence-electron chi connectivity index (χ4n) is 1.11. The van der Waals surface area contributed by atoms with E-state index in [1.54, 1.807) is 0 Å². The Morgan fingerprint density at radius 2 is 2.07 bits per heavy atom. The highest BCUT2D eigenvalue weighted by Gasteiger charge is 2.23. The SMILES string of the molecule is CC(C(=O)O)c1c(F)ccc(N)c1F. The van der Waals surface area contributed by atoms with Crippen molar-refractivity contribution in [3.8, 4) is 0 Å². The third-order valence-electron chi connectivity index (χ3n) is 1.96. The number of halogens is 2. The minimum absolute atomic E-state index is 0.255. The van der Waals surface area contributed by atoms with Gasteiger partial charge < -0.3 is 10.8 Å². The summed E-state index contributed by atoms with van der Waals surface area (Å²) in [5.41, 5.74) is 4.44. The molecular formula is C9H9F2NO2. The fourth-order valence-corrected chi connectivity index (χ4v) is 1.11. The maximum atomic E-state index is 13.2. The highest BCUT2D eigenvalue weighted by atomic mass is 19.1. The standard InChI is InChI=1S/C9H9F2NO2/c1-4(9(13)14)7-5(10)2-3-6(12)8(7)11/h2-4H,12H2,1H3,(H,13,14). The van der Waals surface area contributed by atoms with Gasteiger partial charge in [0.1, 0.15) is 5.82 Å². The summed E-state index contributed by atoms with van der Waals surface area (Å²) in [6.07, 6.45) is 0. The lowest BCUT2D eigenvalue weighted by Gasteiger charge is -2.10.